The van der Waals surface area contributed by atoms with Crippen LogP contribution in [0.15, 0.2) is 88.2 Å². The van der Waals surface area contributed by atoms with E-state index in [4.69, 9.17) is 9.15 Å². The van der Waals surface area contributed by atoms with E-state index in [9.17, 15) is 9.59 Å². The minimum Gasteiger partial charge on any atom is -0.454 e. The molecule has 2 N–H and O–H groups in total. The number of nitrogens with zero attached hydrogens (tertiary/aromatic N) is 2. The molecule has 2 aromatic heterocycles. The van der Waals surface area contributed by atoms with Gasteiger partial charge in [-0.3, -0.25) is 9.89 Å². The zero-order valence-electron chi connectivity index (χ0n) is 22.7. The summed E-state index contributed by atoms with van der Waals surface area (Å²) in [5, 5.41) is 14.2. The molecule has 1 aliphatic rings. The highest BCUT2D eigenvalue weighted by molar-refractivity contribution is 5.96. The van der Waals surface area contributed by atoms with Crippen LogP contribution in [0.2, 0.25) is 0 Å². The number of benzene rings is 3. The molecule has 0 saturated heterocycles. The lowest BCUT2D eigenvalue weighted by atomic mass is 9.71. The Kier molecular flexibility index (Phi) is 6.25. The molecular weight excluding hydrogens is 504 g/mol. The van der Waals surface area contributed by atoms with Crippen LogP contribution in [0.25, 0.3) is 44.7 Å². The van der Waals surface area contributed by atoms with Crippen LogP contribution in [0.1, 0.15) is 45.6 Å². The van der Waals surface area contributed by atoms with Crippen molar-refractivity contribution in [3.05, 3.63) is 94.8 Å². The average molecular weight is 535 g/mol. The summed E-state index contributed by atoms with van der Waals surface area (Å²) in [4.78, 5) is 26.7. The standard InChI is InChI=1S/C32H30N4O4/c1-31(2,3)40-30(38)34-32(17-8-18-32)22-15-13-20(14-16-22)26-27(37)24-12-7-11-23(25-19-33-36-35-25)29(24)39-28(26)21-9-5-4-6-10-21/h4-7,9-16,19H,8,17-18H2,1-3H3,(H,34,38)(H,33,35,36). The number of ether oxygens (including phenoxy) is 1. The van der Waals surface area contributed by atoms with Crippen molar-refractivity contribution in [1.29, 1.82) is 0 Å². The van der Waals surface area contributed by atoms with Crippen molar-refractivity contribution in [3.8, 4) is 33.7 Å². The van der Waals surface area contributed by atoms with Crippen LogP contribution in [-0.4, -0.2) is 27.1 Å². The summed E-state index contributed by atoms with van der Waals surface area (Å²) in [6.07, 6.45) is 3.90. The normalized spacial score (nSPS) is 14.5. The third kappa shape index (κ3) is 4.66. The zero-order valence-corrected chi connectivity index (χ0v) is 22.7. The quantitative estimate of drug-likeness (QED) is 0.256. The molecule has 3 aromatic carbocycles. The Labute approximate surface area is 231 Å². The molecule has 0 unspecified atom stereocenters. The van der Waals surface area contributed by atoms with E-state index < -0.39 is 17.2 Å². The van der Waals surface area contributed by atoms with Crippen molar-refractivity contribution in [2.45, 2.75) is 51.2 Å². The number of hydrogen-bond donors (Lipinski definition) is 2. The Hall–Kier alpha value is -4.72. The van der Waals surface area contributed by atoms with E-state index in [0.29, 0.717) is 33.6 Å². The van der Waals surface area contributed by atoms with Gasteiger partial charge in [0.2, 0.25) is 5.43 Å². The molecule has 1 aliphatic carbocycles. The number of alkyl carbamates (subject to hydrolysis) is 1. The van der Waals surface area contributed by atoms with Crippen molar-refractivity contribution in [2.24, 2.45) is 0 Å². The van der Waals surface area contributed by atoms with Crippen molar-refractivity contribution in [2.75, 3.05) is 0 Å². The average Bonchev–Trinajstić information content (AvgIpc) is 3.45. The summed E-state index contributed by atoms with van der Waals surface area (Å²) in [5.41, 5.74) is 3.51. The predicted octanol–water partition coefficient (Wildman–Crippen LogP) is 6.82. The van der Waals surface area contributed by atoms with Gasteiger partial charge >= 0.3 is 6.09 Å². The number of H-pyrrole nitrogens is 1. The van der Waals surface area contributed by atoms with Crippen molar-refractivity contribution in [3.63, 3.8) is 0 Å². The molecule has 1 amide bonds. The molecule has 0 aliphatic heterocycles. The highest BCUT2D eigenvalue weighted by atomic mass is 16.6. The molecule has 6 rings (SSSR count). The van der Waals surface area contributed by atoms with Crippen LogP contribution < -0.4 is 10.7 Å². The lowest BCUT2D eigenvalue weighted by Gasteiger charge is -2.43. The van der Waals surface area contributed by atoms with Crippen molar-refractivity contribution < 1.29 is 13.9 Å². The van der Waals surface area contributed by atoms with Gasteiger partial charge in [-0.05, 0) is 63.3 Å². The third-order valence-electron chi connectivity index (χ3n) is 7.32. The minimum atomic E-state index is -0.579. The van der Waals surface area contributed by atoms with E-state index in [1.807, 2.05) is 87.5 Å². The van der Waals surface area contributed by atoms with E-state index >= 15 is 0 Å². The molecule has 0 spiro atoms. The molecule has 1 fully saturated rings. The Balaban J connectivity index is 1.46. The second-order valence-electron chi connectivity index (χ2n) is 11.2. The van der Waals surface area contributed by atoms with Crippen LogP contribution in [0, 0.1) is 0 Å². The fourth-order valence-electron chi connectivity index (χ4n) is 5.28. The number of carbonyl (C=O) groups is 1. The van der Waals surface area contributed by atoms with Gasteiger partial charge in [0.15, 0.2) is 0 Å². The number of carbonyl (C=O) groups excluding carboxylic acids is 1. The van der Waals surface area contributed by atoms with Gasteiger partial charge in [0.05, 0.1) is 22.7 Å². The first-order valence-electron chi connectivity index (χ1n) is 13.4. The monoisotopic (exact) mass is 534 g/mol. The Bertz CT molecular complexity index is 1730. The van der Waals surface area contributed by atoms with Gasteiger partial charge in [-0.15, -0.1) is 5.10 Å². The molecular formula is C32H30N4O4. The summed E-state index contributed by atoms with van der Waals surface area (Å²) < 4.78 is 12.1. The summed E-state index contributed by atoms with van der Waals surface area (Å²) in [5.74, 6) is 0.479. The lowest BCUT2D eigenvalue weighted by Crippen LogP contribution is -2.52. The number of para-hydroxylation sites is 1. The number of aromatic amines is 1. The predicted molar refractivity (Wildman–Crippen MR) is 154 cm³/mol. The van der Waals surface area contributed by atoms with Crippen molar-refractivity contribution >= 4 is 17.1 Å². The molecule has 8 nitrogen and oxygen atoms in total. The summed E-state index contributed by atoms with van der Waals surface area (Å²) in [6.45, 7) is 5.55. The zero-order chi connectivity index (χ0) is 27.9. The summed E-state index contributed by atoms with van der Waals surface area (Å²) in [7, 11) is 0. The number of hydrogen-bond acceptors (Lipinski definition) is 6. The summed E-state index contributed by atoms with van der Waals surface area (Å²) >= 11 is 0. The molecule has 0 radical (unpaired) electrons. The Morgan fingerprint density at radius 1 is 0.975 bits per heavy atom. The van der Waals surface area contributed by atoms with Gasteiger partial charge in [0, 0.05) is 11.1 Å². The number of nitrogens with one attached hydrogen (secondary N) is 2. The van der Waals surface area contributed by atoms with Crippen LogP contribution >= 0.6 is 0 Å². The van der Waals surface area contributed by atoms with Gasteiger partial charge in [-0.2, -0.15) is 0 Å². The maximum Gasteiger partial charge on any atom is 0.408 e. The van der Waals surface area contributed by atoms with Crippen LogP contribution in [0.4, 0.5) is 4.79 Å². The van der Waals surface area contributed by atoms with E-state index in [-0.39, 0.29) is 5.43 Å². The van der Waals surface area contributed by atoms with E-state index in [1.54, 1.807) is 12.3 Å². The molecule has 0 bridgehead atoms. The maximum atomic E-state index is 14.1. The third-order valence-corrected chi connectivity index (χ3v) is 7.32. The molecule has 5 aromatic rings. The first-order valence-corrected chi connectivity index (χ1v) is 13.4. The smallest absolute Gasteiger partial charge is 0.408 e. The highest BCUT2D eigenvalue weighted by Gasteiger charge is 2.41. The van der Waals surface area contributed by atoms with Crippen LogP contribution in [0.5, 0.6) is 0 Å². The first-order chi connectivity index (χ1) is 19.2. The first kappa shape index (κ1) is 25.6. The topological polar surface area (TPSA) is 110 Å². The lowest BCUT2D eigenvalue weighted by molar-refractivity contribution is 0.0377. The number of aromatic nitrogens is 3. The fourth-order valence-corrected chi connectivity index (χ4v) is 5.28. The van der Waals surface area contributed by atoms with Crippen molar-refractivity contribution in [1.82, 2.24) is 20.7 Å². The summed E-state index contributed by atoms with van der Waals surface area (Å²) in [6, 6.07) is 22.9. The molecule has 0 atom stereocenters. The highest BCUT2D eigenvalue weighted by Crippen LogP contribution is 2.43. The van der Waals surface area contributed by atoms with Crippen LogP contribution in [0.3, 0.4) is 0 Å². The van der Waals surface area contributed by atoms with Gasteiger partial charge in [-0.25, -0.2) is 4.79 Å². The Morgan fingerprint density at radius 2 is 1.73 bits per heavy atom. The Morgan fingerprint density at radius 3 is 2.35 bits per heavy atom. The maximum absolute atomic E-state index is 14.1. The second-order valence-corrected chi connectivity index (χ2v) is 11.2. The fraction of sp³-hybridized carbons (Fsp3) is 0.250. The van der Waals surface area contributed by atoms with E-state index in [2.05, 4.69) is 20.7 Å². The molecule has 40 heavy (non-hydrogen) atoms. The van der Waals surface area contributed by atoms with Gasteiger partial charge in [0.25, 0.3) is 0 Å². The molecule has 8 heteroatoms. The number of rotatable bonds is 5. The molecule has 1 saturated carbocycles. The minimum absolute atomic E-state index is 0.136. The SMILES string of the molecule is CC(C)(C)OC(=O)NC1(c2ccc(-c3c(-c4ccccc4)oc4c(-c5c[nH]nn5)cccc4c3=O)cc2)CCC1. The largest absolute Gasteiger partial charge is 0.454 e. The van der Waals surface area contributed by atoms with E-state index in [1.165, 1.54) is 0 Å². The van der Waals surface area contributed by atoms with Gasteiger partial charge in [-0.1, -0.05) is 65.9 Å². The molecule has 2 heterocycles. The van der Waals surface area contributed by atoms with E-state index in [0.717, 1.165) is 36.0 Å². The van der Waals surface area contributed by atoms with Gasteiger partial charge in [0.1, 0.15) is 22.6 Å². The number of fused-ring (bicyclic) bond motifs is 1. The van der Waals surface area contributed by atoms with Crippen LogP contribution in [-0.2, 0) is 10.3 Å². The molecule has 202 valence electrons. The number of amides is 1. The second kappa shape index (κ2) is 9.79. The van der Waals surface area contributed by atoms with Gasteiger partial charge < -0.3 is 14.5 Å².